The fourth-order valence-electron chi connectivity index (χ4n) is 2.57. The zero-order valence-electron chi connectivity index (χ0n) is 15.4. The molecule has 0 aliphatic heterocycles. The number of carbonyl (C=O) groups excluding carboxylic acids is 1. The van der Waals surface area contributed by atoms with E-state index in [4.69, 9.17) is 0 Å². The van der Waals surface area contributed by atoms with Gasteiger partial charge in [0.15, 0.2) is 17.5 Å². The fraction of sp³-hybridized carbons (Fsp3) is 0.150. The van der Waals surface area contributed by atoms with Gasteiger partial charge in [0, 0.05) is 11.8 Å². The van der Waals surface area contributed by atoms with E-state index in [1.165, 1.54) is 6.07 Å². The maximum atomic E-state index is 13.8. The number of rotatable bonds is 4. The molecule has 144 valence electrons. The first-order chi connectivity index (χ1) is 13.2. The van der Waals surface area contributed by atoms with Crippen molar-refractivity contribution in [3.8, 4) is 0 Å². The van der Waals surface area contributed by atoms with E-state index >= 15 is 0 Å². The predicted octanol–water partition coefficient (Wildman–Crippen LogP) is 4.82. The topological polar surface area (TPSA) is 66.9 Å². The molecule has 3 rings (SSSR count). The normalized spacial score (nSPS) is 10.6. The van der Waals surface area contributed by atoms with Gasteiger partial charge in [-0.3, -0.25) is 4.79 Å². The van der Waals surface area contributed by atoms with Crippen LogP contribution in [0.4, 0.5) is 30.4 Å². The number of anilines is 3. The number of halogens is 3. The Kier molecular flexibility index (Phi) is 5.30. The largest absolute Gasteiger partial charge is 0.340 e. The van der Waals surface area contributed by atoms with Gasteiger partial charge in [0.25, 0.3) is 5.91 Å². The van der Waals surface area contributed by atoms with E-state index in [9.17, 15) is 18.0 Å². The summed E-state index contributed by atoms with van der Waals surface area (Å²) in [6.07, 6.45) is 0. The molecule has 1 heterocycles. The highest BCUT2D eigenvalue weighted by Gasteiger charge is 2.17. The Hall–Kier alpha value is -3.42. The summed E-state index contributed by atoms with van der Waals surface area (Å²) in [6, 6.07) is 8.92. The third-order valence-corrected chi connectivity index (χ3v) is 4.01. The molecule has 0 atom stereocenters. The van der Waals surface area contributed by atoms with E-state index in [2.05, 4.69) is 20.6 Å². The van der Waals surface area contributed by atoms with Crippen molar-refractivity contribution in [2.24, 2.45) is 0 Å². The van der Waals surface area contributed by atoms with Crippen LogP contribution in [0.25, 0.3) is 0 Å². The third-order valence-electron chi connectivity index (χ3n) is 4.01. The van der Waals surface area contributed by atoms with Crippen molar-refractivity contribution in [1.82, 2.24) is 9.97 Å². The van der Waals surface area contributed by atoms with E-state index < -0.39 is 29.0 Å². The van der Waals surface area contributed by atoms with Crippen LogP contribution in [0.2, 0.25) is 0 Å². The lowest BCUT2D eigenvalue weighted by atomic mass is 10.1. The van der Waals surface area contributed by atoms with Gasteiger partial charge in [0.1, 0.15) is 17.3 Å². The Labute approximate surface area is 159 Å². The van der Waals surface area contributed by atoms with Crippen LogP contribution in [0.1, 0.15) is 27.4 Å². The molecule has 3 aromatic rings. The van der Waals surface area contributed by atoms with E-state index in [-0.39, 0.29) is 5.69 Å². The van der Waals surface area contributed by atoms with Crippen LogP contribution < -0.4 is 10.6 Å². The number of hydrogen-bond acceptors (Lipinski definition) is 4. The molecule has 0 aliphatic rings. The minimum Gasteiger partial charge on any atom is -0.340 e. The number of carbonyl (C=O) groups is 1. The summed E-state index contributed by atoms with van der Waals surface area (Å²) < 4.78 is 40.2. The number of amides is 1. The lowest BCUT2D eigenvalue weighted by molar-refractivity contribution is 0.102. The maximum absolute atomic E-state index is 13.8. The summed E-state index contributed by atoms with van der Waals surface area (Å²) in [7, 11) is 0. The summed E-state index contributed by atoms with van der Waals surface area (Å²) in [5.74, 6) is -4.57. The van der Waals surface area contributed by atoms with Gasteiger partial charge in [0.2, 0.25) is 0 Å². The molecule has 8 heteroatoms. The fourth-order valence-corrected chi connectivity index (χ4v) is 2.57. The first kappa shape index (κ1) is 19.3. The van der Waals surface area contributed by atoms with Crippen LogP contribution in [0.3, 0.4) is 0 Å². The summed E-state index contributed by atoms with van der Waals surface area (Å²) >= 11 is 0. The molecule has 5 nitrogen and oxygen atoms in total. The number of nitrogens with zero attached hydrogens (tertiary/aromatic N) is 2. The first-order valence-corrected chi connectivity index (χ1v) is 8.39. The zero-order chi connectivity index (χ0) is 20.4. The Morgan fingerprint density at radius 1 is 0.893 bits per heavy atom. The van der Waals surface area contributed by atoms with Crippen LogP contribution in [-0.4, -0.2) is 15.9 Å². The van der Waals surface area contributed by atoms with Gasteiger partial charge in [-0.25, -0.2) is 23.1 Å². The Bertz CT molecular complexity index is 1070. The number of benzene rings is 2. The van der Waals surface area contributed by atoms with Crippen LogP contribution in [0.15, 0.2) is 36.4 Å². The number of aromatic nitrogens is 2. The van der Waals surface area contributed by atoms with E-state index in [1.807, 2.05) is 32.0 Å². The standard InChI is InChI=1S/C20H17F3N4O/c1-10-4-5-11(2)15(8-10)26-17-9-16(24-12(3)25-17)20(28)27-14-7-6-13(21)18(22)19(14)23/h4-9H,1-3H3,(H,27,28)(H,24,25,26). The molecule has 0 aliphatic carbocycles. The van der Waals surface area contributed by atoms with E-state index in [0.717, 1.165) is 28.9 Å². The van der Waals surface area contributed by atoms with Crippen molar-refractivity contribution < 1.29 is 18.0 Å². The zero-order valence-corrected chi connectivity index (χ0v) is 15.4. The second-order valence-electron chi connectivity index (χ2n) is 6.31. The molecule has 1 amide bonds. The average molecular weight is 386 g/mol. The summed E-state index contributed by atoms with van der Waals surface area (Å²) in [5, 5.41) is 5.32. The van der Waals surface area contributed by atoms with Crippen LogP contribution in [0, 0.1) is 38.2 Å². The molecule has 0 unspecified atom stereocenters. The van der Waals surface area contributed by atoms with Crippen molar-refractivity contribution in [3.63, 3.8) is 0 Å². The summed E-state index contributed by atoms with van der Waals surface area (Å²) in [6.45, 7) is 5.48. The molecule has 0 fully saturated rings. The lowest BCUT2D eigenvalue weighted by Gasteiger charge is -2.12. The van der Waals surface area contributed by atoms with Crippen LogP contribution in [0.5, 0.6) is 0 Å². The quantitative estimate of drug-likeness (QED) is 0.631. The SMILES string of the molecule is Cc1ccc(C)c(Nc2cc(C(=O)Nc3ccc(F)c(F)c3F)nc(C)n2)c1. The monoisotopic (exact) mass is 386 g/mol. The van der Waals surface area contributed by atoms with Gasteiger partial charge >= 0.3 is 0 Å². The van der Waals surface area contributed by atoms with Gasteiger partial charge in [-0.05, 0) is 50.1 Å². The van der Waals surface area contributed by atoms with E-state index in [0.29, 0.717) is 11.6 Å². The lowest BCUT2D eigenvalue weighted by Crippen LogP contribution is -2.17. The Balaban J connectivity index is 1.88. The molecular weight excluding hydrogens is 369 g/mol. The van der Waals surface area contributed by atoms with Gasteiger partial charge in [0.05, 0.1) is 5.69 Å². The molecule has 0 spiro atoms. The van der Waals surface area contributed by atoms with Crippen molar-refractivity contribution in [2.75, 3.05) is 10.6 Å². The Morgan fingerprint density at radius 3 is 2.39 bits per heavy atom. The van der Waals surface area contributed by atoms with Gasteiger partial charge < -0.3 is 10.6 Å². The molecule has 0 bridgehead atoms. The van der Waals surface area contributed by atoms with Crippen molar-refractivity contribution >= 4 is 23.1 Å². The predicted molar refractivity (Wildman–Crippen MR) is 100 cm³/mol. The molecule has 1 aromatic heterocycles. The molecule has 0 saturated heterocycles. The molecule has 2 aromatic carbocycles. The summed E-state index contributed by atoms with van der Waals surface area (Å²) in [4.78, 5) is 20.7. The molecular formula is C20H17F3N4O. The van der Waals surface area contributed by atoms with Gasteiger partial charge in [-0.15, -0.1) is 0 Å². The number of hydrogen-bond donors (Lipinski definition) is 2. The highest BCUT2D eigenvalue weighted by atomic mass is 19.2. The van der Waals surface area contributed by atoms with Crippen molar-refractivity contribution in [2.45, 2.75) is 20.8 Å². The van der Waals surface area contributed by atoms with Crippen LogP contribution in [-0.2, 0) is 0 Å². The molecule has 28 heavy (non-hydrogen) atoms. The molecule has 0 saturated carbocycles. The van der Waals surface area contributed by atoms with Gasteiger partial charge in [-0.2, -0.15) is 0 Å². The second kappa shape index (κ2) is 7.67. The minimum absolute atomic E-state index is 0.0514. The first-order valence-electron chi connectivity index (χ1n) is 8.39. The number of aryl methyl sites for hydroxylation is 3. The van der Waals surface area contributed by atoms with Gasteiger partial charge in [-0.1, -0.05) is 12.1 Å². The highest BCUT2D eigenvalue weighted by Crippen LogP contribution is 2.23. The van der Waals surface area contributed by atoms with Crippen molar-refractivity contribution in [3.05, 3.63) is 76.5 Å². The summed E-state index contributed by atoms with van der Waals surface area (Å²) in [5.41, 5.74) is 2.31. The number of nitrogens with one attached hydrogen (secondary N) is 2. The third kappa shape index (κ3) is 4.11. The average Bonchev–Trinajstić information content (AvgIpc) is 2.64. The smallest absolute Gasteiger partial charge is 0.274 e. The maximum Gasteiger partial charge on any atom is 0.274 e. The van der Waals surface area contributed by atoms with Crippen molar-refractivity contribution in [1.29, 1.82) is 0 Å². The second-order valence-corrected chi connectivity index (χ2v) is 6.31. The minimum atomic E-state index is -1.66. The molecule has 2 N–H and O–H groups in total. The highest BCUT2D eigenvalue weighted by molar-refractivity contribution is 6.03. The van der Waals surface area contributed by atoms with E-state index in [1.54, 1.807) is 6.92 Å². The van der Waals surface area contributed by atoms with Crippen LogP contribution >= 0.6 is 0 Å². The Morgan fingerprint density at radius 2 is 1.64 bits per heavy atom. The molecule has 0 radical (unpaired) electrons.